The van der Waals surface area contributed by atoms with Crippen LogP contribution in [0.3, 0.4) is 0 Å². The molecule has 86 valence electrons. The van der Waals surface area contributed by atoms with E-state index in [0.29, 0.717) is 10.7 Å². The molecule has 0 aliphatic rings. The summed E-state index contributed by atoms with van der Waals surface area (Å²) in [7, 11) is 0. The van der Waals surface area contributed by atoms with Crippen LogP contribution in [-0.2, 0) is 6.18 Å². The minimum absolute atomic E-state index is 0.252. The van der Waals surface area contributed by atoms with Crippen LogP contribution >= 0.6 is 11.8 Å². The van der Waals surface area contributed by atoms with Crippen molar-refractivity contribution in [2.45, 2.75) is 11.3 Å². The summed E-state index contributed by atoms with van der Waals surface area (Å²) < 4.78 is 38.6. The summed E-state index contributed by atoms with van der Waals surface area (Å²) in [5.74, 6) is 5.66. The predicted octanol–water partition coefficient (Wildman–Crippen LogP) is 2.49. The summed E-state index contributed by atoms with van der Waals surface area (Å²) in [6.45, 7) is 0. The van der Waals surface area contributed by atoms with E-state index in [1.807, 2.05) is 0 Å². The molecular weight excluding hydrogens is 239 g/mol. The standard InChI is InChI=1S/C9H8F3N3S/c1-16-8-14-6-4-5(9(10,11)12)2-3-7(6)15(8)13/h2-4H,13H2,1H3. The van der Waals surface area contributed by atoms with Gasteiger partial charge in [0, 0.05) is 0 Å². The Kier molecular flexibility index (Phi) is 2.49. The number of benzene rings is 1. The molecule has 3 nitrogen and oxygen atoms in total. The fraction of sp³-hybridized carbons (Fsp3) is 0.222. The number of imidazole rings is 1. The highest BCUT2D eigenvalue weighted by Crippen LogP contribution is 2.31. The highest BCUT2D eigenvalue weighted by Gasteiger charge is 2.31. The zero-order chi connectivity index (χ0) is 11.9. The number of nitrogens with two attached hydrogens (primary N) is 1. The molecule has 0 aliphatic heterocycles. The number of rotatable bonds is 1. The van der Waals surface area contributed by atoms with E-state index in [2.05, 4.69) is 4.98 Å². The Balaban J connectivity index is 2.64. The first-order chi connectivity index (χ1) is 7.43. The maximum Gasteiger partial charge on any atom is 0.416 e. The molecule has 0 saturated heterocycles. The molecule has 0 radical (unpaired) electrons. The van der Waals surface area contributed by atoms with Gasteiger partial charge in [-0.1, -0.05) is 11.8 Å². The van der Waals surface area contributed by atoms with Crippen molar-refractivity contribution in [1.82, 2.24) is 9.66 Å². The molecule has 0 fully saturated rings. The van der Waals surface area contributed by atoms with Crippen molar-refractivity contribution in [2.75, 3.05) is 12.1 Å². The Morgan fingerprint density at radius 2 is 2.06 bits per heavy atom. The van der Waals surface area contributed by atoms with Gasteiger partial charge in [0.1, 0.15) is 0 Å². The van der Waals surface area contributed by atoms with E-state index in [0.717, 1.165) is 12.1 Å². The van der Waals surface area contributed by atoms with E-state index < -0.39 is 11.7 Å². The minimum atomic E-state index is -4.36. The normalized spacial score (nSPS) is 12.2. The summed E-state index contributed by atoms with van der Waals surface area (Å²) in [5, 5.41) is 0.481. The lowest BCUT2D eigenvalue weighted by atomic mass is 10.2. The molecule has 0 atom stereocenters. The number of aromatic nitrogens is 2. The molecule has 2 rings (SSSR count). The number of nitrogens with zero attached hydrogens (tertiary/aromatic N) is 2. The SMILES string of the molecule is CSc1nc2cc(C(F)(F)F)ccc2n1N. The van der Waals surface area contributed by atoms with Crippen LogP contribution in [0.1, 0.15) is 5.56 Å². The molecular formula is C9H8F3N3S. The summed E-state index contributed by atoms with van der Waals surface area (Å²) in [6.07, 6.45) is -2.60. The predicted molar refractivity (Wildman–Crippen MR) is 56.7 cm³/mol. The van der Waals surface area contributed by atoms with Crippen LogP contribution in [0.4, 0.5) is 13.2 Å². The highest BCUT2D eigenvalue weighted by atomic mass is 32.2. The Labute approximate surface area is 93.4 Å². The number of nitrogen functional groups attached to an aromatic ring is 1. The van der Waals surface area contributed by atoms with Crippen molar-refractivity contribution >= 4 is 22.8 Å². The Hall–Kier alpha value is -1.37. The molecule has 16 heavy (non-hydrogen) atoms. The molecule has 7 heteroatoms. The first-order valence-corrected chi connectivity index (χ1v) is 5.54. The first kappa shape index (κ1) is 11.1. The maximum atomic E-state index is 12.4. The minimum Gasteiger partial charge on any atom is -0.337 e. The fourth-order valence-electron chi connectivity index (χ4n) is 1.40. The molecule has 1 heterocycles. The van der Waals surface area contributed by atoms with E-state index in [9.17, 15) is 13.2 Å². The van der Waals surface area contributed by atoms with E-state index in [-0.39, 0.29) is 5.52 Å². The van der Waals surface area contributed by atoms with Gasteiger partial charge in [-0.3, -0.25) is 0 Å². The Morgan fingerprint density at radius 3 is 2.62 bits per heavy atom. The lowest BCUT2D eigenvalue weighted by Crippen LogP contribution is -2.09. The summed E-state index contributed by atoms with van der Waals surface area (Å²) in [5.41, 5.74) is 0.0183. The van der Waals surface area contributed by atoms with Gasteiger partial charge in [-0.15, -0.1) is 0 Å². The van der Waals surface area contributed by atoms with Crippen molar-refractivity contribution in [1.29, 1.82) is 0 Å². The Bertz CT molecular complexity index is 533. The highest BCUT2D eigenvalue weighted by molar-refractivity contribution is 7.98. The molecule has 0 spiro atoms. The van der Waals surface area contributed by atoms with Gasteiger partial charge in [-0.05, 0) is 24.5 Å². The van der Waals surface area contributed by atoms with Crippen molar-refractivity contribution < 1.29 is 13.2 Å². The van der Waals surface area contributed by atoms with Crippen LogP contribution in [0.25, 0.3) is 11.0 Å². The topological polar surface area (TPSA) is 43.8 Å². The second-order valence-corrected chi connectivity index (χ2v) is 3.94. The molecule has 0 bridgehead atoms. The third-order valence-electron chi connectivity index (χ3n) is 2.17. The summed E-state index contributed by atoms with van der Waals surface area (Å²) in [6, 6.07) is 3.32. The van der Waals surface area contributed by atoms with Gasteiger partial charge in [0.25, 0.3) is 0 Å². The van der Waals surface area contributed by atoms with Crippen LogP contribution in [0, 0.1) is 0 Å². The van der Waals surface area contributed by atoms with Gasteiger partial charge in [0.2, 0.25) is 0 Å². The van der Waals surface area contributed by atoms with Crippen LogP contribution in [0.2, 0.25) is 0 Å². The number of fused-ring (bicyclic) bond motifs is 1. The fourth-order valence-corrected chi connectivity index (χ4v) is 1.88. The largest absolute Gasteiger partial charge is 0.416 e. The summed E-state index contributed by atoms with van der Waals surface area (Å²) >= 11 is 1.28. The molecule has 2 aromatic rings. The van der Waals surface area contributed by atoms with Crippen LogP contribution in [-0.4, -0.2) is 15.9 Å². The van der Waals surface area contributed by atoms with Gasteiger partial charge < -0.3 is 5.84 Å². The molecule has 0 amide bonds. The molecule has 1 aromatic heterocycles. The quantitative estimate of drug-likeness (QED) is 0.622. The average molecular weight is 247 g/mol. The zero-order valence-corrected chi connectivity index (χ0v) is 9.06. The van der Waals surface area contributed by atoms with E-state index in [4.69, 9.17) is 5.84 Å². The second-order valence-electron chi connectivity index (χ2n) is 3.17. The number of hydrogen-bond acceptors (Lipinski definition) is 3. The molecule has 1 aromatic carbocycles. The van der Waals surface area contributed by atoms with Gasteiger partial charge in [0.15, 0.2) is 5.16 Å². The summed E-state index contributed by atoms with van der Waals surface area (Å²) in [4.78, 5) is 4.01. The zero-order valence-electron chi connectivity index (χ0n) is 8.25. The van der Waals surface area contributed by atoms with Crippen molar-refractivity contribution in [3.05, 3.63) is 23.8 Å². The number of hydrogen-bond donors (Lipinski definition) is 1. The van der Waals surface area contributed by atoms with Crippen LogP contribution in [0.15, 0.2) is 23.4 Å². The number of halogens is 3. The second kappa shape index (κ2) is 3.58. The monoisotopic (exact) mass is 247 g/mol. The first-order valence-electron chi connectivity index (χ1n) is 4.32. The molecule has 2 N–H and O–H groups in total. The lowest BCUT2D eigenvalue weighted by molar-refractivity contribution is -0.137. The number of alkyl halides is 3. The van der Waals surface area contributed by atoms with Gasteiger partial charge in [-0.25, -0.2) is 9.66 Å². The van der Waals surface area contributed by atoms with Crippen LogP contribution < -0.4 is 5.84 Å². The third-order valence-corrected chi connectivity index (χ3v) is 2.82. The smallest absolute Gasteiger partial charge is 0.337 e. The van der Waals surface area contributed by atoms with E-state index >= 15 is 0 Å². The molecule has 0 aliphatic carbocycles. The lowest BCUT2D eigenvalue weighted by Gasteiger charge is -2.05. The van der Waals surface area contributed by atoms with Crippen molar-refractivity contribution in [2.24, 2.45) is 0 Å². The van der Waals surface area contributed by atoms with Gasteiger partial charge >= 0.3 is 6.18 Å². The third kappa shape index (κ3) is 1.71. The molecule has 0 saturated carbocycles. The van der Waals surface area contributed by atoms with Crippen LogP contribution in [0.5, 0.6) is 0 Å². The van der Waals surface area contributed by atoms with Crippen molar-refractivity contribution in [3.63, 3.8) is 0 Å². The van der Waals surface area contributed by atoms with Crippen molar-refractivity contribution in [3.8, 4) is 0 Å². The maximum absolute atomic E-state index is 12.4. The Morgan fingerprint density at radius 1 is 1.38 bits per heavy atom. The van der Waals surface area contributed by atoms with E-state index in [1.54, 1.807) is 6.26 Å². The number of thioether (sulfide) groups is 1. The van der Waals surface area contributed by atoms with Gasteiger partial charge in [0.05, 0.1) is 16.6 Å². The average Bonchev–Trinajstić information content (AvgIpc) is 2.54. The van der Waals surface area contributed by atoms with E-state index in [1.165, 1.54) is 22.5 Å². The van der Waals surface area contributed by atoms with Gasteiger partial charge in [-0.2, -0.15) is 13.2 Å². The molecule has 0 unspecified atom stereocenters.